The van der Waals surface area contributed by atoms with E-state index in [-0.39, 0.29) is 22.0 Å². The zero-order valence-electron chi connectivity index (χ0n) is 12.9. The van der Waals surface area contributed by atoms with E-state index in [2.05, 4.69) is 5.32 Å². The van der Waals surface area contributed by atoms with E-state index >= 15 is 0 Å². The molecular weight excluding hydrogens is 355 g/mol. The number of esters is 1. The van der Waals surface area contributed by atoms with Crippen LogP contribution in [0.25, 0.3) is 0 Å². The molecule has 0 saturated heterocycles. The molecule has 0 unspecified atom stereocenters. The fraction of sp³-hybridized carbons (Fsp3) is 0.125. The molecule has 0 spiro atoms. The highest BCUT2D eigenvalue weighted by Gasteiger charge is 2.17. The first kappa shape index (κ1) is 18.3. The average Bonchev–Trinajstić information content (AvgIpc) is 2.55. The van der Waals surface area contributed by atoms with Crippen molar-refractivity contribution in [3.05, 3.63) is 68.5 Å². The molecule has 1 amide bonds. The van der Waals surface area contributed by atoms with Crippen LogP contribution in [0.4, 0.5) is 15.8 Å². The van der Waals surface area contributed by atoms with E-state index in [9.17, 15) is 24.1 Å². The van der Waals surface area contributed by atoms with E-state index in [1.54, 1.807) is 6.92 Å². The molecule has 0 fully saturated rings. The Labute approximate surface area is 146 Å². The maximum atomic E-state index is 13.2. The molecule has 0 aliphatic carbocycles. The number of nitrogens with zero attached hydrogens (tertiary/aromatic N) is 1. The fourth-order valence-corrected chi connectivity index (χ4v) is 2.16. The maximum Gasteiger partial charge on any atom is 0.340 e. The number of halogens is 2. The van der Waals surface area contributed by atoms with Crippen molar-refractivity contribution in [2.75, 3.05) is 11.9 Å². The Balaban J connectivity index is 1.98. The molecule has 0 atom stereocenters. The summed E-state index contributed by atoms with van der Waals surface area (Å²) >= 11 is 5.80. The molecule has 130 valence electrons. The van der Waals surface area contributed by atoms with E-state index in [4.69, 9.17) is 16.3 Å². The number of aryl methyl sites for hydroxylation is 1. The second kappa shape index (κ2) is 7.71. The van der Waals surface area contributed by atoms with Gasteiger partial charge >= 0.3 is 5.97 Å². The Bertz CT molecular complexity index is 856. The molecule has 0 aliphatic rings. The van der Waals surface area contributed by atoms with Crippen LogP contribution in [-0.2, 0) is 9.53 Å². The molecule has 0 heterocycles. The minimum absolute atomic E-state index is 0.109. The summed E-state index contributed by atoms with van der Waals surface area (Å²) in [6, 6.07) is 7.13. The molecule has 0 saturated carbocycles. The number of carbonyl (C=O) groups is 2. The first-order valence-corrected chi connectivity index (χ1v) is 7.33. The van der Waals surface area contributed by atoms with Gasteiger partial charge in [-0.3, -0.25) is 14.9 Å². The Morgan fingerprint density at radius 3 is 2.64 bits per heavy atom. The molecule has 1 N–H and O–H groups in total. The summed E-state index contributed by atoms with van der Waals surface area (Å²) in [6.07, 6.45) is 0. The van der Waals surface area contributed by atoms with E-state index in [1.807, 2.05) is 0 Å². The number of carbonyl (C=O) groups excluding carboxylic acids is 2. The molecule has 0 aromatic heterocycles. The number of rotatable bonds is 5. The third kappa shape index (κ3) is 4.74. The Morgan fingerprint density at radius 1 is 1.28 bits per heavy atom. The highest BCUT2D eigenvalue weighted by Crippen LogP contribution is 2.23. The molecule has 0 bridgehead atoms. The van der Waals surface area contributed by atoms with Crippen LogP contribution in [0, 0.1) is 22.9 Å². The molecule has 2 aromatic carbocycles. The minimum atomic E-state index is -0.911. The predicted octanol–water partition coefficient (Wildman–Crippen LogP) is 3.49. The highest BCUT2D eigenvalue weighted by atomic mass is 35.5. The monoisotopic (exact) mass is 366 g/mol. The van der Waals surface area contributed by atoms with Crippen molar-refractivity contribution in [1.29, 1.82) is 0 Å². The zero-order chi connectivity index (χ0) is 18.6. The van der Waals surface area contributed by atoms with Gasteiger partial charge in [-0.1, -0.05) is 17.7 Å². The first-order chi connectivity index (χ1) is 11.8. The number of non-ortho nitro benzene ring substituents is 1. The van der Waals surface area contributed by atoms with Crippen LogP contribution in [0.15, 0.2) is 36.4 Å². The van der Waals surface area contributed by atoms with Crippen molar-refractivity contribution in [3.8, 4) is 0 Å². The predicted molar refractivity (Wildman–Crippen MR) is 88.2 cm³/mol. The molecule has 7 nitrogen and oxygen atoms in total. The number of hydrogen-bond donors (Lipinski definition) is 1. The van der Waals surface area contributed by atoms with E-state index in [0.717, 1.165) is 24.3 Å². The molecule has 2 aromatic rings. The van der Waals surface area contributed by atoms with E-state index < -0.39 is 29.2 Å². The maximum absolute atomic E-state index is 13.2. The van der Waals surface area contributed by atoms with Crippen LogP contribution in [0.5, 0.6) is 0 Å². The van der Waals surface area contributed by atoms with Crippen molar-refractivity contribution >= 4 is 34.9 Å². The lowest BCUT2D eigenvalue weighted by Crippen LogP contribution is -2.21. The quantitative estimate of drug-likeness (QED) is 0.496. The van der Waals surface area contributed by atoms with Crippen LogP contribution < -0.4 is 5.32 Å². The summed E-state index contributed by atoms with van der Waals surface area (Å²) < 4.78 is 18.0. The number of anilines is 1. The summed E-state index contributed by atoms with van der Waals surface area (Å²) in [4.78, 5) is 33.7. The number of amides is 1. The lowest BCUT2D eigenvalue weighted by molar-refractivity contribution is -0.384. The number of hydrogen-bond acceptors (Lipinski definition) is 5. The van der Waals surface area contributed by atoms with Gasteiger partial charge in [-0.2, -0.15) is 0 Å². The van der Waals surface area contributed by atoms with Gasteiger partial charge in [0.2, 0.25) is 0 Å². The molecule has 0 aliphatic heterocycles. The van der Waals surface area contributed by atoms with Gasteiger partial charge in [0.1, 0.15) is 5.82 Å². The molecular formula is C16H12ClFN2O5. The topological polar surface area (TPSA) is 98.5 Å². The second-order valence-electron chi connectivity index (χ2n) is 5.00. The van der Waals surface area contributed by atoms with Gasteiger partial charge in [0.15, 0.2) is 6.61 Å². The van der Waals surface area contributed by atoms with E-state index in [0.29, 0.717) is 5.56 Å². The summed E-state index contributed by atoms with van der Waals surface area (Å²) in [5, 5.41) is 12.9. The zero-order valence-corrected chi connectivity index (χ0v) is 13.7. The van der Waals surface area contributed by atoms with Gasteiger partial charge in [0, 0.05) is 17.8 Å². The van der Waals surface area contributed by atoms with E-state index in [1.165, 1.54) is 12.1 Å². The van der Waals surface area contributed by atoms with Crippen molar-refractivity contribution in [2.45, 2.75) is 6.92 Å². The first-order valence-electron chi connectivity index (χ1n) is 6.95. The van der Waals surface area contributed by atoms with Crippen LogP contribution in [0.2, 0.25) is 5.02 Å². The van der Waals surface area contributed by atoms with Crippen LogP contribution >= 0.6 is 11.6 Å². The number of nitro groups is 1. The molecule has 25 heavy (non-hydrogen) atoms. The summed E-state index contributed by atoms with van der Waals surface area (Å²) in [7, 11) is 0. The van der Waals surface area contributed by atoms with Gasteiger partial charge in [-0.15, -0.1) is 0 Å². The lowest BCUT2D eigenvalue weighted by atomic mass is 10.2. The van der Waals surface area contributed by atoms with Crippen LogP contribution in [0.3, 0.4) is 0 Å². The Hall–Kier alpha value is -3.00. The largest absolute Gasteiger partial charge is 0.452 e. The molecule has 0 radical (unpaired) electrons. The smallest absolute Gasteiger partial charge is 0.340 e. The van der Waals surface area contributed by atoms with Crippen molar-refractivity contribution in [1.82, 2.24) is 0 Å². The highest BCUT2D eigenvalue weighted by molar-refractivity contribution is 6.33. The number of nitrogens with one attached hydrogen (secondary N) is 1. The fourth-order valence-electron chi connectivity index (χ4n) is 1.91. The van der Waals surface area contributed by atoms with Gasteiger partial charge in [0.05, 0.1) is 15.5 Å². The van der Waals surface area contributed by atoms with Gasteiger partial charge < -0.3 is 10.1 Å². The Kier molecular flexibility index (Phi) is 5.66. The SMILES string of the molecule is Cc1ccc(F)cc1NC(=O)COC(=O)c1ccc([N+](=O)[O-])cc1Cl. The standard InChI is InChI=1S/C16H12ClFN2O5/c1-9-2-3-10(18)6-14(9)19-15(21)8-25-16(22)12-5-4-11(20(23)24)7-13(12)17/h2-7H,8H2,1H3,(H,19,21). The van der Waals surface area contributed by atoms with Crippen LogP contribution in [-0.4, -0.2) is 23.4 Å². The Morgan fingerprint density at radius 2 is 2.00 bits per heavy atom. The van der Waals surface area contributed by atoms with Crippen LogP contribution in [0.1, 0.15) is 15.9 Å². The lowest BCUT2D eigenvalue weighted by Gasteiger charge is -2.09. The van der Waals surface area contributed by atoms with Gasteiger partial charge in [0.25, 0.3) is 11.6 Å². The summed E-state index contributed by atoms with van der Waals surface area (Å²) in [5.74, 6) is -2.10. The molecule has 2 rings (SSSR count). The number of ether oxygens (including phenoxy) is 1. The van der Waals surface area contributed by atoms with Crippen molar-refractivity contribution < 1.29 is 23.6 Å². The normalized spacial score (nSPS) is 10.2. The third-order valence-electron chi connectivity index (χ3n) is 3.19. The number of nitro benzene ring substituents is 1. The average molecular weight is 367 g/mol. The van der Waals surface area contributed by atoms with Crippen molar-refractivity contribution in [2.24, 2.45) is 0 Å². The molecule has 9 heteroatoms. The van der Waals surface area contributed by atoms with Gasteiger partial charge in [-0.05, 0) is 30.7 Å². The van der Waals surface area contributed by atoms with Gasteiger partial charge in [-0.25, -0.2) is 9.18 Å². The van der Waals surface area contributed by atoms with Crippen molar-refractivity contribution in [3.63, 3.8) is 0 Å². The minimum Gasteiger partial charge on any atom is -0.452 e. The summed E-state index contributed by atoms with van der Waals surface area (Å²) in [6.45, 7) is 1.06. The number of benzene rings is 2. The summed E-state index contributed by atoms with van der Waals surface area (Å²) in [5.41, 5.74) is 0.511. The second-order valence-corrected chi connectivity index (χ2v) is 5.41. The third-order valence-corrected chi connectivity index (χ3v) is 3.50.